The van der Waals surface area contributed by atoms with Crippen LogP contribution in [0, 0.1) is 0 Å². The second kappa shape index (κ2) is 3.51. The van der Waals surface area contributed by atoms with E-state index in [1.165, 1.54) is 25.2 Å². The molecule has 4 nitrogen and oxygen atoms in total. The van der Waals surface area contributed by atoms with Gasteiger partial charge in [0.15, 0.2) is 0 Å². The summed E-state index contributed by atoms with van der Waals surface area (Å²) in [6.45, 7) is 1.45. The Hall–Kier alpha value is -1.13. The van der Waals surface area contributed by atoms with Crippen LogP contribution in [0.2, 0.25) is 0 Å². The van der Waals surface area contributed by atoms with E-state index < -0.39 is 18.2 Å². The molecule has 1 aliphatic rings. The van der Waals surface area contributed by atoms with E-state index in [1.807, 2.05) is 0 Å². The van der Waals surface area contributed by atoms with Crippen molar-refractivity contribution in [3.8, 4) is 0 Å². The quantitative estimate of drug-likeness (QED) is 0.559. The highest BCUT2D eigenvalue weighted by Crippen LogP contribution is 2.10. The Morgan fingerprint density at radius 2 is 2.17 bits per heavy atom. The molecule has 12 heavy (non-hydrogen) atoms. The molecule has 0 saturated carbocycles. The number of aliphatic hydroxyl groups excluding tert-OH is 2. The fraction of sp³-hybridized carbons (Fsp3) is 0.375. The van der Waals surface area contributed by atoms with Gasteiger partial charge in [0.25, 0.3) is 0 Å². The molecule has 0 aliphatic carbocycles. The van der Waals surface area contributed by atoms with Crippen LogP contribution in [0.5, 0.6) is 0 Å². The minimum Gasteiger partial charge on any atom is -0.424 e. The number of carbonyl (C=O) groups is 1. The van der Waals surface area contributed by atoms with Crippen LogP contribution in [0.25, 0.3) is 0 Å². The van der Waals surface area contributed by atoms with Gasteiger partial charge in [-0.2, -0.15) is 0 Å². The summed E-state index contributed by atoms with van der Waals surface area (Å²) < 4.78 is 4.62. The number of hydrogen-bond donors (Lipinski definition) is 2. The molecule has 0 aromatic rings. The van der Waals surface area contributed by atoms with Crippen molar-refractivity contribution in [3.63, 3.8) is 0 Å². The molecule has 0 unspecified atom stereocenters. The van der Waals surface area contributed by atoms with Crippen molar-refractivity contribution in [2.75, 3.05) is 0 Å². The van der Waals surface area contributed by atoms with Gasteiger partial charge in [0.2, 0.25) is 0 Å². The molecule has 0 saturated heterocycles. The molecule has 1 heterocycles. The zero-order valence-corrected chi connectivity index (χ0v) is 6.60. The Bertz CT molecular complexity index is 239. The van der Waals surface area contributed by atoms with Crippen molar-refractivity contribution in [3.05, 3.63) is 24.0 Å². The lowest BCUT2D eigenvalue weighted by Gasteiger charge is -2.08. The third-order valence-corrected chi connectivity index (χ3v) is 1.43. The maximum atomic E-state index is 10.5. The molecule has 0 aromatic heterocycles. The third kappa shape index (κ3) is 2.18. The Balaban J connectivity index is 2.59. The SMILES string of the molecule is C[C@@H](O)[C@@H](O)C=C1C=CC(=O)O1. The summed E-state index contributed by atoms with van der Waals surface area (Å²) in [5, 5.41) is 18.0. The third-order valence-electron chi connectivity index (χ3n) is 1.43. The van der Waals surface area contributed by atoms with Gasteiger partial charge >= 0.3 is 5.97 Å². The molecule has 1 aliphatic heterocycles. The molecule has 0 radical (unpaired) electrons. The van der Waals surface area contributed by atoms with E-state index in [1.54, 1.807) is 0 Å². The topological polar surface area (TPSA) is 66.8 Å². The molecule has 0 aromatic carbocycles. The van der Waals surface area contributed by atoms with Crippen LogP contribution in [-0.4, -0.2) is 28.4 Å². The van der Waals surface area contributed by atoms with Gasteiger partial charge in [-0.1, -0.05) is 0 Å². The van der Waals surface area contributed by atoms with Crippen LogP contribution in [0.15, 0.2) is 24.0 Å². The van der Waals surface area contributed by atoms with Crippen LogP contribution < -0.4 is 0 Å². The van der Waals surface area contributed by atoms with E-state index in [0.29, 0.717) is 0 Å². The number of allylic oxidation sites excluding steroid dienone is 1. The highest BCUT2D eigenvalue weighted by atomic mass is 16.5. The Kier molecular flexibility index (Phi) is 2.62. The first-order valence-electron chi connectivity index (χ1n) is 3.57. The normalized spacial score (nSPS) is 24.2. The number of esters is 1. The van der Waals surface area contributed by atoms with Gasteiger partial charge < -0.3 is 14.9 Å². The summed E-state index contributed by atoms with van der Waals surface area (Å²) in [7, 11) is 0. The summed E-state index contributed by atoms with van der Waals surface area (Å²) in [4.78, 5) is 10.5. The van der Waals surface area contributed by atoms with Crippen molar-refractivity contribution in [2.45, 2.75) is 19.1 Å². The lowest BCUT2D eigenvalue weighted by atomic mass is 10.2. The number of cyclic esters (lactones) is 1. The number of aliphatic hydroxyl groups is 2. The first kappa shape index (κ1) is 8.96. The van der Waals surface area contributed by atoms with Crippen molar-refractivity contribution < 1.29 is 19.7 Å². The van der Waals surface area contributed by atoms with Gasteiger partial charge in [0, 0.05) is 6.08 Å². The van der Waals surface area contributed by atoms with Crippen LogP contribution >= 0.6 is 0 Å². The highest BCUT2D eigenvalue weighted by Gasteiger charge is 2.13. The van der Waals surface area contributed by atoms with Crippen LogP contribution in [0.3, 0.4) is 0 Å². The largest absolute Gasteiger partial charge is 0.424 e. The van der Waals surface area contributed by atoms with Gasteiger partial charge in [-0.25, -0.2) is 4.79 Å². The zero-order valence-electron chi connectivity index (χ0n) is 6.60. The lowest BCUT2D eigenvalue weighted by Crippen LogP contribution is -2.20. The van der Waals surface area contributed by atoms with E-state index in [2.05, 4.69) is 4.74 Å². The Labute approximate surface area is 69.8 Å². The fourth-order valence-electron chi connectivity index (χ4n) is 0.732. The second-order valence-electron chi connectivity index (χ2n) is 2.55. The monoisotopic (exact) mass is 170 g/mol. The minimum absolute atomic E-state index is 0.272. The fourth-order valence-corrected chi connectivity index (χ4v) is 0.732. The Morgan fingerprint density at radius 1 is 1.50 bits per heavy atom. The van der Waals surface area contributed by atoms with Gasteiger partial charge in [-0.15, -0.1) is 0 Å². The maximum Gasteiger partial charge on any atom is 0.336 e. The molecular weight excluding hydrogens is 160 g/mol. The second-order valence-corrected chi connectivity index (χ2v) is 2.55. The van der Waals surface area contributed by atoms with Gasteiger partial charge in [-0.3, -0.25) is 0 Å². The molecule has 66 valence electrons. The predicted octanol–water partition coefficient (Wildman–Crippen LogP) is -0.275. The number of hydrogen-bond acceptors (Lipinski definition) is 4. The number of rotatable bonds is 2. The molecule has 4 heteroatoms. The van der Waals surface area contributed by atoms with Crippen molar-refractivity contribution in [1.82, 2.24) is 0 Å². The van der Waals surface area contributed by atoms with E-state index in [4.69, 9.17) is 10.2 Å². The Morgan fingerprint density at radius 3 is 2.58 bits per heavy atom. The minimum atomic E-state index is -1.00. The zero-order chi connectivity index (χ0) is 9.14. The predicted molar refractivity (Wildman–Crippen MR) is 41.0 cm³/mol. The van der Waals surface area contributed by atoms with Crippen molar-refractivity contribution >= 4 is 5.97 Å². The molecule has 2 atom stereocenters. The maximum absolute atomic E-state index is 10.5. The van der Waals surface area contributed by atoms with Gasteiger partial charge in [0.1, 0.15) is 11.9 Å². The first-order valence-corrected chi connectivity index (χ1v) is 3.57. The van der Waals surface area contributed by atoms with Gasteiger partial charge in [0.05, 0.1) is 6.10 Å². The summed E-state index contributed by atoms with van der Waals surface area (Å²) in [5.74, 6) is -0.188. The molecular formula is C8H10O4. The van der Waals surface area contributed by atoms with E-state index in [0.717, 1.165) is 0 Å². The van der Waals surface area contributed by atoms with E-state index in [9.17, 15) is 4.79 Å². The summed E-state index contributed by atoms with van der Waals surface area (Å²) in [6, 6.07) is 0. The highest BCUT2D eigenvalue weighted by molar-refractivity contribution is 5.86. The average molecular weight is 170 g/mol. The summed E-state index contributed by atoms with van der Waals surface area (Å²) >= 11 is 0. The van der Waals surface area contributed by atoms with E-state index in [-0.39, 0.29) is 5.76 Å². The molecule has 0 spiro atoms. The van der Waals surface area contributed by atoms with Crippen LogP contribution in [-0.2, 0) is 9.53 Å². The molecule has 1 rings (SSSR count). The van der Waals surface area contributed by atoms with E-state index >= 15 is 0 Å². The average Bonchev–Trinajstić information content (AvgIpc) is 2.35. The van der Waals surface area contributed by atoms with Gasteiger partial charge in [-0.05, 0) is 19.1 Å². The molecule has 2 N–H and O–H groups in total. The van der Waals surface area contributed by atoms with Crippen LogP contribution in [0.1, 0.15) is 6.92 Å². The smallest absolute Gasteiger partial charge is 0.336 e. The van der Waals surface area contributed by atoms with Crippen LogP contribution in [0.4, 0.5) is 0 Å². The summed E-state index contributed by atoms with van der Waals surface area (Å²) in [6.07, 6.45) is 2.10. The summed E-state index contributed by atoms with van der Waals surface area (Å²) in [5.41, 5.74) is 0. The lowest BCUT2D eigenvalue weighted by molar-refractivity contribution is -0.132. The molecule has 0 amide bonds. The van der Waals surface area contributed by atoms with Crippen molar-refractivity contribution in [2.24, 2.45) is 0 Å². The first-order chi connectivity index (χ1) is 5.59. The molecule has 0 fully saturated rings. The standard InChI is InChI=1S/C8H10O4/c1-5(9)7(10)4-6-2-3-8(11)12-6/h2-5,7,9-10H,1H3/t5-,7+/m1/s1. The molecule has 0 bridgehead atoms. The number of carbonyl (C=O) groups excluding carboxylic acids is 1. The van der Waals surface area contributed by atoms with Crippen molar-refractivity contribution in [1.29, 1.82) is 0 Å². The number of ether oxygens (including phenoxy) is 1.